The minimum atomic E-state index is -0.392. The van der Waals surface area contributed by atoms with Gasteiger partial charge in [-0.25, -0.2) is 14.6 Å². The first kappa shape index (κ1) is 13.3. The molecule has 0 aliphatic heterocycles. The van der Waals surface area contributed by atoms with Crippen LogP contribution in [0.15, 0.2) is 36.9 Å². The van der Waals surface area contributed by atoms with E-state index in [1.807, 2.05) is 24.3 Å². The van der Waals surface area contributed by atoms with Crippen LogP contribution in [-0.4, -0.2) is 37.1 Å². The van der Waals surface area contributed by atoms with Gasteiger partial charge in [0.1, 0.15) is 30.8 Å². The molecular formula is C13H15N7O. The van der Waals surface area contributed by atoms with Gasteiger partial charge in [0.15, 0.2) is 5.82 Å². The summed E-state index contributed by atoms with van der Waals surface area (Å²) in [4.78, 5) is 8.27. The van der Waals surface area contributed by atoms with Crippen molar-refractivity contribution in [1.29, 1.82) is 0 Å². The standard InChI is InChI=1S/C13H15N7O/c1-21-10-4-2-9(3-5-10)12(14)13-17-11(18-19-13)6-20-8-15-7-16-20/h2-5,7-8,12H,6,14H2,1H3,(H,17,18,19)/t12-/m0/s1. The van der Waals surface area contributed by atoms with Crippen molar-refractivity contribution >= 4 is 0 Å². The predicted octanol–water partition coefficient (Wildman–Crippen LogP) is 0.501. The fourth-order valence-electron chi connectivity index (χ4n) is 1.95. The second kappa shape index (κ2) is 5.71. The molecule has 3 N–H and O–H groups in total. The monoisotopic (exact) mass is 285 g/mol. The van der Waals surface area contributed by atoms with Crippen molar-refractivity contribution < 1.29 is 4.74 Å². The topological polar surface area (TPSA) is 108 Å². The van der Waals surface area contributed by atoms with Gasteiger partial charge in [0.25, 0.3) is 0 Å². The van der Waals surface area contributed by atoms with Crippen LogP contribution < -0.4 is 10.5 Å². The maximum Gasteiger partial charge on any atom is 0.171 e. The lowest BCUT2D eigenvalue weighted by atomic mass is 10.1. The summed E-state index contributed by atoms with van der Waals surface area (Å²) in [5, 5.41) is 11.0. The molecule has 2 heterocycles. The Morgan fingerprint density at radius 1 is 1.33 bits per heavy atom. The summed E-state index contributed by atoms with van der Waals surface area (Å²) in [5.41, 5.74) is 7.09. The van der Waals surface area contributed by atoms with Crippen LogP contribution in [0, 0.1) is 0 Å². The first-order chi connectivity index (χ1) is 10.3. The zero-order chi connectivity index (χ0) is 14.7. The predicted molar refractivity (Wildman–Crippen MR) is 74.5 cm³/mol. The van der Waals surface area contributed by atoms with Crippen LogP contribution in [-0.2, 0) is 6.54 Å². The van der Waals surface area contributed by atoms with Gasteiger partial charge >= 0.3 is 0 Å². The molecule has 1 aromatic carbocycles. The van der Waals surface area contributed by atoms with E-state index in [-0.39, 0.29) is 0 Å². The van der Waals surface area contributed by atoms with Crippen LogP contribution in [0.4, 0.5) is 0 Å². The van der Waals surface area contributed by atoms with E-state index in [0.717, 1.165) is 11.3 Å². The van der Waals surface area contributed by atoms with Crippen LogP contribution in [0.25, 0.3) is 0 Å². The summed E-state index contributed by atoms with van der Waals surface area (Å²) in [7, 11) is 1.63. The SMILES string of the molecule is COc1ccc([C@H](N)c2n[nH]c(Cn3cncn3)n2)cc1. The van der Waals surface area contributed by atoms with Gasteiger partial charge in [0, 0.05) is 0 Å². The molecule has 0 amide bonds. The number of hydrogen-bond acceptors (Lipinski definition) is 6. The van der Waals surface area contributed by atoms with E-state index >= 15 is 0 Å². The Morgan fingerprint density at radius 3 is 2.81 bits per heavy atom. The number of aromatic nitrogens is 6. The summed E-state index contributed by atoms with van der Waals surface area (Å²) >= 11 is 0. The summed E-state index contributed by atoms with van der Waals surface area (Å²) in [6.07, 6.45) is 3.09. The van der Waals surface area contributed by atoms with Gasteiger partial charge in [-0.1, -0.05) is 12.1 Å². The second-order valence-corrected chi connectivity index (χ2v) is 4.48. The van der Waals surface area contributed by atoms with Gasteiger partial charge in [-0.05, 0) is 17.7 Å². The van der Waals surface area contributed by atoms with Crippen LogP contribution in [0.2, 0.25) is 0 Å². The third kappa shape index (κ3) is 2.90. The first-order valence-corrected chi connectivity index (χ1v) is 6.39. The Balaban J connectivity index is 1.75. The quantitative estimate of drug-likeness (QED) is 0.707. The molecule has 0 bridgehead atoms. The highest BCUT2D eigenvalue weighted by atomic mass is 16.5. The zero-order valence-electron chi connectivity index (χ0n) is 11.5. The van der Waals surface area contributed by atoms with Gasteiger partial charge in [0.2, 0.25) is 0 Å². The molecule has 108 valence electrons. The maximum absolute atomic E-state index is 6.17. The highest BCUT2D eigenvalue weighted by Gasteiger charge is 2.14. The van der Waals surface area contributed by atoms with E-state index in [0.29, 0.717) is 18.2 Å². The molecule has 0 unspecified atom stereocenters. The third-order valence-electron chi connectivity index (χ3n) is 3.08. The Morgan fingerprint density at radius 2 is 2.14 bits per heavy atom. The summed E-state index contributed by atoms with van der Waals surface area (Å²) in [5.74, 6) is 2.00. The average molecular weight is 285 g/mol. The number of rotatable bonds is 5. The number of nitrogens with zero attached hydrogens (tertiary/aromatic N) is 5. The Hall–Kier alpha value is -2.74. The molecule has 21 heavy (non-hydrogen) atoms. The maximum atomic E-state index is 6.17. The van der Waals surface area contributed by atoms with E-state index < -0.39 is 6.04 Å². The highest BCUT2D eigenvalue weighted by Crippen LogP contribution is 2.19. The van der Waals surface area contributed by atoms with E-state index in [9.17, 15) is 0 Å². The van der Waals surface area contributed by atoms with Crippen LogP contribution >= 0.6 is 0 Å². The molecule has 3 aromatic rings. The van der Waals surface area contributed by atoms with Crippen molar-refractivity contribution in [2.24, 2.45) is 5.73 Å². The third-order valence-corrected chi connectivity index (χ3v) is 3.08. The number of nitrogens with two attached hydrogens (primary N) is 1. The lowest BCUT2D eigenvalue weighted by Crippen LogP contribution is -2.13. The lowest BCUT2D eigenvalue weighted by Gasteiger charge is -2.08. The fourth-order valence-corrected chi connectivity index (χ4v) is 1.95. The summed E-state index contributed by atoms with van der Waals surface area (Å²) in [6, 6.07) is 7.13. The number of benzene rings is 1. The van der Waals surface area contributed by atoms with E-state index in [1.165, 1.54) is 6.33 Å². The molecule has 0 spiro atoms. The molecule has 3 rings (SSSR count). The molecule has 0 saturated carbocycles. The number of aromatic amines is 1. The molecular weight excluding hydrogens is 270 g/mol. The highest BCUT2D eigenvalue weighted by molar-refractivity contribution is 5.31. The van der Waals surface area contributed by atoms with Crippen molar-refractivity contribution in [3.8, 4) is 5.75 Å². The Labute approximate surface area is 121 Å². The number of methoxy groups -OCH3 is 1. The Kier molecular flexibility index (Phi) is 3.61. The van der Waals surface area contributed by atoms with Gasteiger partial charge in [-0.2, -0.15) is 10.2 Å². The molecule has 1 atom stereocenters. The molecule has 8 nitrogen and oxygen atoms in total. The molecule has 0 radical (unpaired) electrons. The average Bonchev–Trinajstić information content (AvgIpc) is 3.19. The number of hydrogen-bond donors (Lipinski definition) is 2. The molecule has 2 aromatic heterocycles. The van der Waals surface area contributed by atoms with Crippen LogP contribution in [0.3, 0.4) is 0 Å². The van der Waals surface area contributed by atoms with Crippen molar-refractivity contribution in [2.45, 2.75) is 12.6 Å². The zero-order valence-corrected chi connectivity index (χ0v) is 11.5. The van der Waals surface area contributed by atoms with Crippen molar-refractivity contribution in [3.63, 3.8) is 0 Å². The first-order valence-electron chi connectivity index (χ1n) is 6.39. The molecule has 0 fully saturated rings. The normalized spacial score (nSPS) is 12.3. The van der Waals surface area contributed by atoms with Crippen molar-refractivity contribution in [2.75, 3.05) is 7.11 Å². The van der Waals surface area contributed by atoms with Crippen molar-refractivity contribution in [1.82, 2.24) is 29.9 Å². The summed E-state index contributed by atoms with van der Waals surface area (Å²) < 4.78 is 6.78. The minimum Gasteiger partial charge on any atom is -0.497 e. The smallest absolute Gasteiger partial charge is 0.171 e. The minimum absolute atomic E-state index is 0.392. The molecule has 0 aliphatic rings. The van der Waals surface area contributed by atoms with Gasteiger partial charge < -0.3 is 10.5 Å². The van der Waals surface area contributed by atoms with E-state index in [2.05, 4.69) is 25.3 Å². The Bertz CT molecular complexity index is 690. The fraction of sp³-hybridized carbons (Fsp3) is 0.231. The molecule has 0 aliphatic carbocycles. The van der Waals surface area contributed by atoms with Crippen molar-refractivity contribution in [3.05, 3.63) is 54.1 Å². The number of ether oxygens (including phenoxy) is 1. The molecule has 0 saturated heterocycles. The summed E-state index contributed by atoms with van der Waals surface area (Å²) in [6.45, 7) is 0.475. The van der Waals surface area contributed by atoms with Crippen LogP contribution in [0.5, 0.6) is 5.75 Å². The van der Waals surface area contributed by atoms with Gasteiger partial charge in [0.05, 0.1) is 13.2 Å². The lowest BCUT2D eigenvalue weighted by molar-refractivity contribution is 0.414. The molecule has 8 heteroatoms. The number of nitrogens with one attached hydrogen (secondary N) is 1. The van der Waals surface area contributed by atoms with Gasteiger partial charge in [-0.3, -0.25) is 5.10 Å². The van der Waals surface area contributed by atoms with Crippen LogP contribution in [0.1, 0.15) is 23.3 Å². The van der Waals surface area contributed by atoms with E-state index in [1.54, 1.807) is 18.1 Å². The second-order valence-electron chi connectivity index (χ2n) is 4.48. The largest absolute Gasteiger partial charge is 0.497 e. The number of H-pyrrole nitrogens is 1. The van der Waals surface area contributed by atoms with Gasteiger partial charge in [-0.15, -0.1) is 0 Å². The van der Waals surface area contributed by atoms with E-state index in [4.69, 9.17) is 10.5 Å².